The van der Waals surface area contributed by atoms with Gasteiger partial charge in [0.05, 0.1) is 0 Å². The molecule has 0 fully saturated rings. The first-order valence-electron chi connectivity index (χ1n) is 3.68. The van der Waals surface area contributed by atoms with E-state index in [2.05, 4.69) is 70.6 Å². The minimum absolute atomic E-state index is 0.190. The smallest absolute Gasteiger partial charge is 0.136 e. The van der Waals surface area contributed by atoms with Gasteiger partial charge >= 0.3 is 0 Å². The molecule has 0 spiro atoms. The highest BCUT2D eigenvalue weighted by molar-refractivity contribution is 9.39. The Balaban J connectivity index is 3.78. The van der Waals surface area contributed by atoms with E-state index < -0.39 is 0 Å². The molecule has 74 valence electrons. The largest absolute Gasteiger partial charge is 0.396 e. The highest BCUT2D eigenvalue weighted by atomic mass is 80.0. The average Bonchev–Trinajstić information content (AvgIpc) is 1.84. The first-order chi connectivity index (χ1) is 5.37. The summed E-state index contributed by atoms with van der Waals surface area (Å²) in [5.74, 6) is 0.474. The van der Waals surface area contributed by atoms with Crippen molar-refractivity contribution in [1.82, 2.24) is 0 Å². The van der Waals surface area contributed by atoms with E-state index in [4.69, 9.17) is 5.11 Å². The molecule has 0 rings (SSSR count). The third kappa shape index (κ3) is 7.30. The van der Waals surface area contributed by atoms with E-state index in [1.165, 1.54) is 0 Å². The maximum absolute atomic E-state index is 8.73. The molecule has 12 heavy (non-hydrogen) atoms. The molecule has 0 aliphatic rings. The summed E-state index contributed by atoms with van der Waals surface area (Å²) in [4.78, 5) is 0.391. The summed E-state index contributed by atoms with van der Waals surface area (Å²) >= 11 is 13.9. The summed E-state index contributed by atoms with van der Waals surface area (Å²) in [5.41, 5.74) is 0. The summed E-state index contributed by atoms with van der Waals surface area (Å²) < 4.78 is -0.190. The Morgan fingerprint density at radius 2 is 1.83 bits per heavy atom. The van der Waals surface area contributed by atoms with E-state index in [1.54, 1.807) is 0 Å². The molecular formula is C7H12Br4O. The van der Waals surface area contributed by atoms with Crippen molar-refractivity contribution in [3.05, 3.63) is 0 Å². The second-order valence-electron chi connectivity index (χ2n) is 2.82. The van der Waals surface area contributed by atoms with Gasteiger partial charge in [-0.2, -0.15) is 0 Å². The lowest BCUT2D eigenvalue weighted by molar-refractivity contribution is 0.260. The number of rotatable bonds is 4. The molecule has 0 bridgehead atoms. The van der Waals surface area contributed by atoms with Crippen LogP contribution < -0.4 is 0 Å². The van der Waals surface area contributed by atoms with Crippen LogP contribution in [0.1, 0.15) is 19.8 Å². The van der Waals surface area contributed by atoms with Crippen LogP contribution in [0.25, 0.3) is 0 Å². The fraction of sp³-hybridized carbons (Fsp3) is 1.00. The Kier molecular flexibility index (Phi) is 7.38. The Bertz CT molecular complexity index is 123. The molecule has 0 aliphatic heterocycles. The molecule has 0 aromatic heterocycles. The maximum Gasteiger partial charge on any atom is 0.136 e. The lowest BCUT2D eigenvalue weighted by atomic mass is 10.0. The predicted octanol–water partition coefficient (Wildman–Crippen LogP) is 4.00. The first kappa shape index (κ1) is 13.9. The number of hydrogen-bond acceptors (Lipinski definition) is 1. The van der Waals surface area contributed by atoms with E-state index in [0.29, 0.717) is 10.7 Å². The summed E-state index contributed by atoms with van der Waals surface area (Å²) in [5, 5.41) is 8.73. The minimum Gasteiger partial charge on any atom is -0.396 e. The van der Waals surface area contributed by atoms with Crippen molar-refractivity contribution in [2.45, 2.75) is 26.7 Å². The van der Waals surface area contributed by atoms with Gasteiger partial charge in [-0.05, 0) is 18.8 Å². The molecule has 1 N–H and O–H groups in total. The predicted molar refractivity (Wildman–Crippen MR) is 67.7 cm³/mol. The lowest BCUT2D eigenvalue weighted by Gasteiger charge is -2.21. The molecule has 2 unspecified atom stereocenters. The van der Waals surface area contributed by atoms with Crippen molar-refractivity contribution < 1.29 is 5.11 Å². The standard InChI is InChI=1S/C7H12Br4O/c1-5(2-3-12)6(8)4-7(9,10)11/h5-6,12H,2-4H2,1H3. The van der Waals surface area contributed by atoms with E-state index in [1.807, 2.05) is 0 Å². The number of aliphatic hydroxyl groups is 1. The van der Waals surface area contributed by atoms with E-state index in [-0.39, 0.29) is 8.75 Å². The second-order valence-corrected chi connectivity index (χ2v) is 11.3. The Morgan fingerprint density at radius 1 is 1.33 bits per heavy atom. The second kappa shape index (κ2) is 6.38. The van der Waals surface area contributed by atoms with Gasteiger partial charge in [0.25, 0.3) is 0 Å². The third-order valence-corrected chi connectivity index (χ3v) is 3.83. The number of hydrogen-bond donors (Lipinski definition) is 1. The molecule has 1 nitrogen and oxygen atoms in total. The topological polar surface area (TPSA) is 20.2 Å². The van der Waals surface area contributed by atoms with Crippen LogP contribution >= 0.6 is 63.7 Å². The van der Waals surface area contributed by atoms with Crippen molar-refractivity contribution in [3.63, 3.8) is 0 Å². The van der Waals surface area contributed by atoms with Gasteiger partial charge in [-0.25, -0.2) is 0 Å². The van der Waals surface area contributed by atoms with Crippen LogP contribution in [-0.2, 0) is 0 Å². The minimum atomic E-state index is -0.190. The van der Waals surface area contributed by atoms with Crippen LogP contribution in [0.15, 0.2) is 0 Å². The van der Waals surface area contributed by atoms with Crippen molar-refractivity contribution in [2.24, 2.45) is 5.92 Å². The van der Waals surface area contributed by atoms with E-state index in [0.717, 1.165) is 12.8 Å². The van der Waals surface area contributed by atoms with Gasteiger partial charge in [-0.3, -0.25) is 0 Å². The Labute approximate surface area is 107 Å². The summed E-state index contributed by atoms with van der Waals surface area (Å²) in [7, 11) is 0. The van der Waals surface area contributed by atoms with E-state index in [9.17, 15) is 0 Å². The van der Waals surface area contributed by atoms with Crippen LogP contribution in [0.2, 0.25) is 0 Å². The Hall–Kier alpha value is 1.88. The van der Waals surface area contributed by atoms with Gasteiger partial charge < -0.3 is 5.11 Å². The molecule has 0 aromatic rings. The number of halogens is 4. The van der Waals surface area contributed by atoms with Crippen LogP contribution in [-0.4, -0.2) is 18.7 Å². The van der Waals surface area contributed by atoms with Gasteiger partial charge in [-0.15, -0.1) is 0 Å². The molecule has 0 amide bonds. The van der Waals surface area contributed by atoms with Gasteiger partial charge in [0.1, 0.15) is 2.14 Å². The molecule has 0 aromatic carbocycles. The molecule has 0 radical (unpaired) electrons. The number of alkyl halides is 4. The normalized spacial score (nSPS) is 17.5. The van der Waals surface area contributed by atoms with E-state index >= 15 is 0 Å². The SMILES string of the molecule is CC(CCO)C(Br)CC(Br)(Br)Br. The third-order valence-electron chi connectivity index (χ3n) is 1.63. The summed E-state index contributed by atoms with van der Waals surface area (Å²) in [6.07, 6.45) is 1.74. The van der Waals surface area contributed by atoms with Crippen LogP contribution in [0.5, 0.6) is 0 Å². The molecule has 5 heteroatoms. The fourth-order valence-electron chi connectivity index (χ4n) is 0.807. The average molecular weight is 432 g/mol. The monoisotopic (exact) mass is 428 g/mol. The van der Waals surface area contributed by atoms with Gasteiger partial charge in [0.15, 0.2) is 0 Å². The van der Waals surface area contributed by atoms with Crippen molar-refractivity contribution in [2.75, 3.05) is 6.61 Å². The van der Waals surface area contributed by atoms with Crippen LogP contribution in [0.3, 0.4) is 0 Å². The first-order valence-corrected chi connectivity index (χ1v) is 6.98. The van der Waals surface area contributed by atoms with Gasteiger partial charge in [-0.1, -0.05) is 70.6 Å². The maximum atomic E-state index is 8.73. The van der Waals surface area contributed by atoms with Crippen molar-refractivity contribution in [3.8, 4) is 0 Å². The summed E-state index contributed by atoms with van der Waals surface area (Å²) in [6, 6.07) is 0. The van der Waals surface area contributed by atoms with Crippen LogP contribution in [0.4, 0.5) is 0 Å². The van der Waals surface area contributed by atoms with Crippen LogP contribution in [0, 0.1) is 5.92 Å². The summed E-state index contributed by atoms with van der Waals surface area (Å²) in [6.45, 7) is 2.37. The van der Waals surface area contributed by atoms with Crippen molar-refractivity contribution >= 4 is 63.7 Å². The number of aliphatic hydroxyl groups excluding tert-OH is 1. The molecule has 2 atom stereocenters. The Morgan fingerprint density at radius 3 is 2.17 bits per heavy atom. The molecular weight excluding hydrogens is 420 g/mol. The fourth-order valence-corrected chi connectivity index (χ4v) is 3.91. The van der Waals surface area contributed by atoms with Gasteiger partial charge in [0.2, 0.25) is 0 Å². The molecule has 0 aliphatic carbocycles. The lowest BCUT2D eigenvalue weighted by Crippen LogP contribution is -2.18. The zero-order valence-electron chi connectivity index (χ0n) is 6.74. The zero-order valence-corrected chi connectivity index (χ0v) is 13.1. The molecule has 0 saturated heterocycles. The zero-order chi connectivity index (χ0) is 9.78. The molecule has 0 saturated carbocycles. The van der Waals surface area contributed by atoms with Gasteiger partial charge in [0, 0.05) is 11.4 Å². The quantitative estimate of drug-likeness (QED) is 0.667. The highest BCUT2D eigenvalue weighted by Gasteiger charge is 2.25. The highest BCUT2D eigenvalue weighted by Crippen LogP contribution is 2.41. The van der Waals surface area contributed by atoms with Crippen molar-refractivity contribution in [1.29, 1.82) is 0 Å². The molecule has 0 heterocycles.